The summed E-state index contributed by atoms with van der Waals surface area (Å²) in [5.41, 5.74) is 8.19. The zero-order valence-corrected chi connectivity index (χ0v) is 6.63. The van der Waals surface area contributed by atoms with E-state index in [0.29, 0.717) is 6.54 Å². The average molecular weight is 150 g/mol. The normalized spacial score (nSPS) is 9.64. The van der Waals surface area contributed by atoms with E-state index < -0.39 is 0 Å². The van der Waals surface area contributed by atoms with Crippen LogP contribution in [0.25, 0.3) is 0 Å². The van der Waals surface area contributed by atoms with Crippen LogP contribution in [0.3, 0.4) is 0 Å². The summed E-state index contributed by atoms with van der Waals surface area (Å²) in [6, 6.07) is 7.84. The van der Waals surface area contributed by atoms with Gasteiger partial charge in [0.15, 0.2) is 0 Å². The van der Waals surface area contributed by atoms with Crippen LogP contribution in [0.4, 0.5) is 0 Å². The largest absolute Gasteiger partial charge is 0.497 e. The van der Waals surface area contributed by atoms with Crippen molar-refractivity contribution in [2.75, 3.05) is 13.7 Å². The monoisotopic (exact) mass is 150 g/mol. The SMILES string of the molecule is COc1cccc(CC[NH])c1. The molecular formula is C9H12NO. The van der Waals surface area contributed by atoms with E-state index in [1.165, 1.54) is 5.56 Å². The Morgan fingerprint density at radius 3 is 2.91 bits per heavy atom. The molecule has 2 nitrogen and oxygen atoms in total. The van der Waals surface area contributed by atoms with E-state index in [2.05, 4.69) is 0 Å². The number of hydrogen-bond donors (Lipinski definition) is 0. The van der Waals surface area contributed by atoms with Gasteiger partial charge in [-0.25, -0.2) is 0 Å². The third-order valence-corrected chi connectivity index (χ3v) is 1.55. The number of hydrogen-bond acceptors (Lipinski definition) is 1. The summed E-state index contributed by atoms with van der Waals surface area (Å²) >= 11 is 0. The predicted octanol–water partition coefficient (Wildman–Crippen LogP) is 1.52. The fourth-order valence-electron chi connectivity index (χ4n) is 0.972. The molecule has 2 heteroatoms. The molecular weight excluding hydrogens is 138 g/mol. The molecule has 1 N–H and O–H groups in total. The van der Waals surface area contributed by atoms with Crippen molar-refractivity contribution in [1.29, 1.82) is 0 Å². The standard InChI is InChI=1S/C9H12NO/c1-11-9-4-2-3-8(7-9)5-6-10/h2-4,7,10H,5-6H2,1H3. The summed E-state index contributed by atoms with van der Waals surface area (Å²) in [6.45, 7) is 0.438. The number of rotatable bonds is 3. The minimum atomic E-state index is 0.438. The Bertz CT molecular complexity index is 223. The van der Waals surface area contributed by atoms with Crippen LogP contribution in [0.2, 0.25) is 0 Å². The Morgan fingerprint density at radius 1 is 1.45 bits per heavy atom. The first-order valence-corrected chi connectivity index (χ1v) is 3.64. The first-order valence-electron chi connectivity index (χ1n) is 3.64. The van der Waals surface area contributed by atoms with E-state index in [0.717, 1.165) is 12.2 Å². The van der Waals surface area contributed by atoms with Crippen LogP contribution in [-0.4, -0.2) is 13.7 Å². The van der Waals surface area contributed by atoms with Crippen LogP contribution >= 0.6 is 0 Å². The summed E-state index contributed by atoms with van der Waals surface area (Å²) in [6.07, 6.45) is 0.803. The molecule has 0 fully saturated rings. The summed E-state index contributed by atoms with van der Waals surface area (Å²) in [7, 11) is 1.65. The molecule has 0 spiro atoms. The van der Waals surface area contributed by atoms with E-state index in [4.69, 9.17) is 10.5 Å². The highest BCUT2D eigenvalue weighted by molar-refractivity contribution is 5.28. The zero-order valence-electron chi connectivity index (χ0n) is 6.63. The van der Waals surface area contributed by atoms with Crippen LogP contribution in [-0.2, 0) is 6.42 Å². The number of methoxy groups -OCH3 is 1. The lowest BCUT2D eigenvalue weighted by Crippen LogP contribution is -1.92. The fourth-order valence-corrected chi connectivity index (χ4v) is 0.972. The lowest BCUT2D eigenvalue weighted by atomic mass is 10.1. The maximum absolute atomic E-state index is 7.03. The van der Waals surface area contributed by atoms with E-state index in [1.807, 2.05) is 24.3 Å². The van der Waals surface area contributed by atoms with Crippen molar-refractivity contribution < 1.29 is 4.74 Å². The lowest BCUT2D eigenvalue weighted by molar-refractivity contribution is 0.414. The quantitative estimate of drug-likeness (QED) is 0.643. The summed E-state index contributed by atoms with van der Waals surface area (Å²) in [4.78, 5) is 0. The Morgan fingerprint density at radius 2 is 2.27 bits per heavy atom. The molecule has 0 aliphatic heterocycles. The van der Waals surface area contributed by atoms with Gasteiger partial charge in [-0.05, 0) is 24.1 Å². The van der Waals surface area contributed by atoms with Crippen LogP contribution in [0.15, 0.2) is 24.3 Å². The number of benzene rings is 1. The maximum Gasteiger partial charge on any atom is 0.119 e. The molecule has 1 aromatic carbocycles. The van der Waals surface area contributed by atoms with Gasteiger partial charge in [-0.1, -0.05) is 12.1 Å². The number of ether oxygens (including phenoxy) is 1. The molecule has 59 valence electrons. The van der Waals surface area contributed by atoms with Gasteiger partial charge in [0, 0.05) is 6.54 Å². The molecule has 1 rings (SSSR count). The van der Waals surface area contributed by atoms with Gasteiger partial charge in [-0.15, -0.1) is 0 Å². The molecule has 0 bridgehead atoms. The van der Waals surface area contributed by atoms with Gasteiger partial charge in [0.25, 0.3) is 0 Å². The van der Waals surface area contributed by atoms with Crippen molar-refractivity contribution >= 4 is 0 Å². The Labute approximate surface area is 67.0 Å². The minimum absolute atomic E-state index is 0.438. The maximum atomic E-state index is 7.03. The Kier molecular flexibility index (Phi) is 2.93. The molecule has 0 saturated heterocycles. The molecule has 0 aliphatic rings. The van der Waals surface area contributed by atoms with Crippen molar-refractivity contribution in [1.82, 2.24) is 5.73 Å². The molecule has 1 aromatic rings. The molecule has 0 atom stereocenters. The second-order valence-corrected chi connectivity index (χ2v) is 2.35. The Hall–Kier alpha value is -1.02. The van der Waals surface area contributed by atoms with Gasteiger partial charge in [-0.2, -0.15) is 0 Å². The predicted molar refractivity (Wildman–Crippen MR) is 44.7 cm³/mol. The first kappa shape index (κ1) is 8.08. The van der Waals surface area contributed by atoms with Crippen LogP contribution < -0.4 is 10.5 Å². The smallest absolute Gasteiger partial charge is 0.119 e. The second-order valence-electron chi connectivity index (χ2n) is 2.35. The molecule has 0 aliphatic carbocycles. The zero-order chi connectivity index (χ0) is 8.10. The van der Waals surface area contributed by atoms with Gasteiger partial charge >= 0.3 is 0 Å². The van der Waals surface area contributed by atoms with Crippen LogP contribution in [0, 0.1) is 0 Å². The highest BCUT2D eigenvalue weighted by atomic mass is 16.5. The van der Waals surface area contributed by atoms with Crippen molar-refractivity contribution in [3.63, 3.8) is 0 Å². The first-order chi connectivity index (χ1) is 5.36. The third-order valence-electron chi connectivity index (χ3n) is 1.55. The van der Waals surface area contributed by atoms with Crippen molar-refractivity contribution in [3.8, 4) is 5.75 Å². The van der Waals surface area contributed by atoms with Gasteiger partial charge in [-0.3, -0.25) is 5.73 Å². The van der Waals surface area contributed by atoms with Gasteiger partial charge in [0.2, 0.25) is 0 Å². The van der Waals surface area contributed by atoms with E-state index in [1.54, 1.807) is 7.11 Å². The molecule has 0 heterocycles. The summed E-state index contributed by atoms with van der Waals surface area (Å²) in [5, 5.41) is 0. The van der Waals surface area contributed by atoms with E-state index >= 15 is 0 Å². The summed E-state index contributed by atoms with van der Waals surface area (Å²) < 4.78 is 5.04. The van der Waals surface area contributed by atoms with Crippen LogP contribution in [0.5, 0.6) is 5.75 Å². The molecule has 0 unspecified atom stereocenters. The molecule has 11 heavy (non-hydrogen) atoms. The fraction of sp³-hybridized carbons (Fsp3) is 0.333. The van der Waals surface area contributed by atoms with Gasteiger partial charge < -0.3 is 4.74 Å². The van der Waals surface area contributed by atoms with Crippen molar-refractivity contribution in [2.45, 2.75) is 6.42 Å². The van der Waals surface area contributed by atoms with E-state index in [9.17, 15) is 0 Å². The van der Waals surface area contributed by atoms with E-state index in [-0.39, 0.29) is 0 Å². The molecule has 0 amide bonds. The van der Waals surface area contributed by atoms with Crippen molar-refractivity contribution in [2.24, 2.45) is 0 Å². The second kappa shape index (κ2) is 3.98. The number of nitrogens with one attached hydrogen (secondary N) is 1. The molecule has 0 aromatic heterocycles. The van der Waals surface area contributed by atoms with Crippen molar-refractivity contribution in [3.05, 3.63) is 29.8 Å². The highest BCUT2D eigenvalue weighted by Crippen LogP contribution is 2.12. The van der Waals surface area contributed by atoms with Crippen LogP contribution in [0.1, 0.15) is 5.56 Å². The average Bonchev–Trinajstić information content (AvgIpc) is 2.06. The van der Waals surface area contributed by atoms with Gasteiger partial charge in [0.05, 0.1) is 7.11 Å². The Balaban J connectivity index is 2.74. The third kappa shape index (κ3) is 2.24. The highest BCUT2D eigenvalue weighted by Gasteiger charge is 1.93. The minimum Gasteiger partial charge on any atom is -0.497 e. The topological polar surface area (TPSA) is 33.0 Å². The summed E-state index contributed by atoms with van der Waals surface area (Å²) in [5.74, 6) is 0.871. The lowest BCUT2D eigenvalue weighted by Gasteiger charge is -2.01. The van der Waals surface area contributed by atoms with Gasteiger partial charge in [0.1, 0.15) is 5.75 Å². The molecule has 0 saturated carbocycles. The molecule has 1 radical (unpaired) electrons.